The Morgan fingerprint density at radius 2 is 1.79 bits per heavy atom. The van der Waals surface area contributed by atoms with Crippen LogP contribution in [0.1, 0.15) is 32.6 Å². The van der Waals surface area contributed by atoms with Gasteiger partial charge in [0.15, 0.2) is 5.78 Å². The second-order valence-corrected chi connectivity index (χ2v) is 8.11. The number of ketones is 1. The first kappa shape index (κ1) is 19.8. The van der Waals surface area contributed by atoms with Crippen molar-refractivity contribution in [3.05, 3.63) is 87.6 Å². The number of rotatable bonds is 7. The SMILES string of the molecule is CC(=O)c1cccc(NC(=O)N(CCc2ccccc2)Cc2ccc(C)s2)c1. The van der Waals surface area contributed by atoms with Crippen LogP contribution in [0.25, 0.3) is 0 Å². The van der Waals surface area contributed by atoms with Gasteiger partial charge in [-0.15, -0.1) is 11.3 Å². The number of carbonyl (C=O) groups excluding carboxylic acids is 2. The Bertz CT molecular complexity index is 950. The van der Waals surface area contributed by atoms with E-state index in [0.717, 1.165) is 11.3 Å². The summed E-state index contributed by atoms with van der Waals surface area (Å²) in [5, 5.41) is 2.94. The normalized spacial score (nSPS) is 10.5. The van der Waals surface area contributed by atoms with Crippen LogP contribution in [0.3, 0.4) is 0 Å². The van der Waals surface area contributed by atoms with Gasteiger partial charge in [0, 0.05) is 27.5 Å². The van der Waals surface area contributed by atoms with Gasteiger partial charge in [-0.05, 0) is 50.1 Å². The molecule has 0 radical (unpaired) electrons. The van der Waals surface area contributed by atoms with Crippen molar-refractivity contribution < 1.29 is 9.59 Å². The zero-order valence-electron chi connectivity index (χ0n) is 16.1. The Balaban J connectivity index is 1.73. The highest BCUT2D eigenvalue weighted by Crippen LogP contribution is 2.19. The predicted octanol–water partition coefficient (Wildman–Crippen LogP) is 5.54. The van der Waals surface area contributed by atoms with Crippen LogP contribution in [0, 0.1) is 6.92 Å². The van der Waals surface area contributed by atoms with Gasteiger partial charge in [0.25, 0.3) is 0 Å². The van der Waals surface area contributed by atoms with Crippen LogP contribution in [0.15, 0.2) is 66.7 Å². The van der Waals surface area contributed by atoms with Crippen molar-refractivity contribution >= 4 is 28.8 Å². The molecule has 2 aromatic carbocycles. The maximum Gasteiger partial charge on any atom is 0.322 e. The van der Waals surface area contributed by atoms with Crippen LogP contribution in [0.2, 0.25) is 0 Å². The number of urea groups is 1. The molecule has 0 aliphatic rings. The van der Waals surface area contributed by atoms with Crippen LogP contribution in [-0.4, -0.2) is 23.3 Å². The molecule has 0 aliphatic carbocycles. The topological polar surface area (TPSA) is 49.4 Å². The Morgan fingerprint density at radius 1 is 1.00 bits per heavy atom. The van der Waals surface area contributed by atoms with E-state index in [0.29, 0.717) is 24.3 Å². The van der Waals surface area contributed by atoms with E-state index in [9.17, 15) is 9.59 Å². The molecule has 3 rings (SSSR count). The quantitative estimate of drug-likeness (QED) is 0.537. The summed E-state index contributed by atoms with van der Waals surface area (Å²) in [7, 11) is 0. The van der Waals surface area contributed by atoms with E-state index in [1.807, 2.05) is 23.1 Å². The summed E-state index contributed by atoms with van der Waals surface area (Å²) >= 11 is 1.70. The van der Waals surface area contributed by atoms with Crippen LogP contribution in [0.4, 0.5) is 10.5 Å². The highest BCUT2D eigenvalue weighted by atomic mass is 32.1. The van der Waals surface area contributed by atoms with Gasteiger partial charge in [0.2, 0.25) is 0 Å². The van der Waals surface area contributed by atoms with E-state index in [1.54, 1.807) is 35.6 Å². The van der Waals surface area contributed by atoms with Crippen molar-refractivity contribution in [2.45, 2.75) is 26.8 Å². The molecule has 0 unspecified atom stereocenters. The molecule has 5 heteroatoms. The van der Waals surface area contributed by atoms with Gasteiger partial charge in [-0.1, -0.05) is 42.5 Å². The zero-order valence-corrected chi connectivity index (χ0v) is 17.0. The molecule has 4 nitrogen and oxygen atoms in total. The largest absolute Gasteiger partial charge is 0.322 e. The highest BCUT2D eigenvalue weighted by molar-refractivity contribution is 7.11. The summed E-state index contributed by atoms with van der Waals surface area (Å²) < 4.78 is 0. The van der Waals surface area contributed by atoms with Gasteiger partial charge in [0.1, 0.15) is 0 Å². The third-order valence-electron chi connectivity index (χ3n) is 4.46. The summed E-state index contributed by atoms with van der Waals surface area (Å²) in [5.74, 6) is -0.0221. The number of carbonyl (C=O) groups is 2. The summed E-state index contributed by atoms with van der Waals surface area (Å²) in [5.41, 5.74) is 2.41. The molecule has 0 saturated carbocycles. The number of nitrogens with one attached hydrogen (secondary N) is 1. The van der Waals surface area contributed by atoms with Gasteiger partial charge in [-0.25, -0.2) is 4.79 Å². The molecule has 2 amide bonds. The molecule has 0 spiro atoms. The third-order valence-corrected chi connectivity index (χ3v) is 5.45. The molecule has 0 saturated heterocycles. The van der Waals surface area contributed by atoms with Crippen molar-refractivity contribution in [2.24, 2.45) is 0 Å². The first-order valence-corrected chi connectivity index (χ1v) is 10.1. The molecule has 1 N–H and O–H groups in total. The standard InChI is InChI=1S/C23H24N2O2S/c1-17-11-12-22(28-17)16-25(14-13-19-7-4-3-5-8-19)23(27)24-21-10-6-9-20(15-21)18(2)26/h3-12,15H,13-14,16H2,1-2H3,(H,24,27). The van der Waals surface area contributed by atoms with Crippen molar-refractivity contribution in [3.63, 3.8) is 0 Å². The van der Waals surface area contributed by atoms with E-state index >= 15 is 0 Å². The molecular formula is C23H24N2O2S. The van der Waals surface area contributed by atoms with Gasteiger partial charge < -0.3 is 10.2 Å². The van der Waals surface area contributed by atoms with Gasteiger partial charge in [-0.2, -0.15) is 0 Å². The van der Waals surface area contributed by atoms with E-state index in [2.05, 4.69) is 36.5 Å². The van der Waals surface area contributed by atoms with Crippen LogP contribution in [-0.2, 0) is 13.0 Å². The fourth-order valence-corrected chi connectivity index (χ4v) is 3.84. The molecule has 0 atom stereocenters. The van der Waals surface area contributed by atoms with E-state index < -0.39 is 0 Å². The van der Waals surface area contributed by atoms with Crippen molar-refractivity contribution in [2.75, 3.05) is 11.9 Å². The molecule has 28 heavy (non-hydrogen) atoms. The lowest BCUT2D eigenvalue weighted by molar-refractivity contribution is 0.101. The average Bonchev–Trinajstić information content (AvgIpc) is 3.11. The fraction of sp³-hybridized carbons (Fsp3) is 0.217. The summed E-state index contributed by atoms with van der Waals surface area (Å²) in [6.07, 6.45) is 0.784. The zero-order chi connectivity index (χ0) is 19.9. The maximum absolute atomic E-state index is 13.0. The number of amides is 2. The Labute approximate surface area is 169 Å². The average molecular weight is 393 g/mol. The van der Waals surface area contributed by atoms with Gasteiger partial charge in [-0.3, -0.25) is 4.79 Å². The number of anilines is 1. The lowest BCUT2D eigenvalue weighted by atomic mass is 10.1. The monoisotopic (exact) mass is 392 g/mol. The number of hydrogen-bond acceptors (Lipinski definition) is 3. The first-order chi connectivity index (χ1) is 13.5. The number of thiophene rings is 1. The number of aryl methyl sites for hydroxylation is 1. The lowest BCUT2D eigenvalue weighted by Crippen LogP contribution is -2.35. The van der Waals surface area contributed by atoms with Crippen LogP contribution < -0.4 is 5.32 Å². The summed E-state index contributed by atoms with van der Waals surface area (Å²) in [6.45, 7) is 4.75. The molecule has 0 fully saturated rings. The number of hydrogen-bond donors (Lipinski definition) is 1. The molecule has 1 aromatic heterocycles. The Hall–Kier alpha value is -2.92. The molecule has 0 bridgehead atoms. The smallest absolute Gasteiger partial charge is 0.319 e. The van der Waals surface area contributed by atoms with Gasteiger partial charge in [0.05, 0.1) is 6.54 Å². The van der Waals surface area contributed by atoms with Gasteiger partial charge >= 0.3 is 6.03 Å². The highest BCUT2D eigenvalue weighted by Gasteiger charge is 2.16. The van der Waals surface area contributed by atoms with E-state index in [1.165, 1.54) is 17.4 Å². The summed E-state index contributed by atoms with van der Waals surface area (Å²) in [4.78, 5) is 28.8. The first-order valence-electron chi connectivity index (χ1n) is 9.27. The maximum atomic E-state index is 13.0. The lowest BCUT2D eigenvalue weighted by Gasteiger charge is -2.23. The van der Waals surface area contributed by atoms with E-state index in [4.69, 9.17) is 0 Å². The van der Waals surface area contributed by atoms with Crippen molar-refractivity contribution in [1.82, 2.24) is 4.90 Å². The molecule has 144 valence electrons. The molecule has 1 heterocycles. The summed E-state index contributed by atoms with van der Waals surface area (Å²) in [6, 6.07) is 21.2. The predicted molar refractivity (Wildman–Crippen MR) is 115 cm³/mol. The van der Waals surface area contributed by atoms with Crippen molar-refractivity contribution in [1.29, 1.82) is 0 Å². The number of Topliss-reactive ketones (excluding diaryl/α,β-unsaturated/α-hetero) is 1. The number of nitrogens with zero attached hydrogens (tertiary/aromatic N) is 1. The fourth-order valence-electron chi connectivity index (χ4n) is 2.94. The molecule has 3 aromatic rings. The number of benzene rings is 2. The van der Waals surface area contributed by atoms with Crippen molar-refractivity contribution in [3.8, 4) is 0 Å². The molecular weight excluding hydrogens is 368 g/mol. The minimum absolute atomic E-state index is 0.0221. The van der Waals surface area contributed by atoms with Crippen LogP contribution in [0.5, 0.6) is 0 Å². The third kappa shape index (κ3) is 5.54. The minimum atomic E-state index is -0.164. The van der Waals surface area contributed by atoms with Crippen LogP contribution >= 0.6 is 11.3 Å². The van der Waals surface area contributed by atoms with E-state index in [-0.39, 0.29) is 11.8 Å². The second-order valence-electron chi connectivity index (χ2n) is 6.74. The molecule has 0 aliphatic heterocycles. The Morgan fingerprint density at radius 3 is 2.46 bits per heavy atom. The Kier molecular flexibility index (Phi) is 6.61. The second kappa shape index (κ2) is 9.33. The minimum Gasteiger partial charge on any atom is -0.319 e.